The van der Waals surface area contributed by atoms with Crippen LogP contribution in [0, 0.1) is 6.92 Å². The summed E-state index contributed by atoms with van der Waals surface area (Å²) in [6.45, 7) is 2.10. The SMILES string of the molecule is COc1cccc(NC(=O)c2ccn(COc3cc(C)ccc3Cl)n2)c1. The molecule has 6 nitrogen and oxygen atoms in total. The number of amides is 1. The van der Waals surface area contributed by atoms with Crippen molar-refractivity contribution in [3.8, 4) is 11.5 Å². The Bertz CT molecular complexity index is 924. The predicted octanol–water partition coefficient (Wildman–Crippen LogP) is 4.14. The van der Waals surface area contributed by atoms with Crippen molar-refractivity contribution in [3.05, 3.63) is 71.0 Å². The number of ether oxygens (including phenoxy) is 2. The smallest absolute Gasteiger partial charge is 0.276 e. The molecule has 0 saturated carbocycles. The second-order valence-electron chi connectivity index (χ2n) is 5.63. The van der Waals surface area contributed by atoms with Crippen molar-refractivity contribution in [2.24, 2.45) is 0 Å². The summed E-state index contributed by atoms with van der Waals surface area (Å²) in [5.41, 5.74) is 1.96. The number of aromatic nitrogens is 2. The van der Waals surface area contributed by atoms with E-state index < -0.39 is 0 Å². The van der Waals surface area contributed by atoms with Crippen LogP contribution < -0.4 is 14.8 Å². The molecule has 0 radical (unpaired) electrons. The highest BCUT2D eigenvalue weighted by atomic mass is 35.5. The quantitative estimate of drug-likeness (QED) is 0.707. The number of nitrogens with zero attached hydrogens (tertiary/aromatic N) is 2. The lowest BCUT2D eigenvalue weighted by atomic mass is 10.2. The number of hydrogen-bond donors (Lipinski definition) is 1. The molecule has 3 aromatic rings. The molecule has 1 amide bonds. The molecule has 0 spiro atoms. The van der Waals surface area contributed by atoms with E-state index in [0.29, 0.717) is 22.2 Å². The zero-order valence-corrected chi connectivity index (χ0v) is 15.2. The monoisotopic (exact) mass is 371 g/mol. The minimum Gasteiger partial charge on any atom is -0.497 e. The van der Waals surface area contributed by atoms with Gasteiger partial charge in [-0.2, -0.15) is 5.10 Å². The van der Waals surface area contributed by atoms with Gasteiger partial charge in [-0.1, -0.05) is 23.7 Å². The predicted molar refractivity (Wildman–Crippen MR) is 100.0 cm³/mol. The molecule has 0 fully saturated rings. The van der Waals surface area contributed by atoms with Gasteiger partial charge in [-0.15, -0.1) is 0 Å². The highest BCUT2D eigenvalue weighted by Gasteiger charge is 2.11. The van der Waals surface area contributed by atoms with E-state index in [1.54, 1.807) is 49.7 Å². The van der Waals surface area contributed by atoms with Gasteiger partial charge >= 0.3 is 0 Å². The second-order valence-corrected chi connectivity index (χ2v) is 6.04. The molecule has 134 valence electrons. The molecule has 0 aliphatic heterocycles. The van der Waals surface area contributed by atoms with Crippen LogP contribution in [-0.4, -0.2) is 22.8 Å². The van der Waals surface area contributed by atoms with E-state index in [2.05, 4.69) is 10.4 Å². The lowest BCUT2D eigenvalue weighted by molar-refractivity contribution is 0.102. The molecule has 2 aromatic carbocycles. The summed E-state index contributed by atoms with van der Waals surface area (Å²) >= 11 is 6.10. The minimum atomic E-state index is -0.314. The Balaban J connectivity index is 1.63. The van der Waals surface area contributed by atoms with Gasteiger partial charge in [0.1, 0.15) is 11.5 Å². The Morgan fingerprint density at radius 1 is 1.23 bits per heavy atom. The molecule has 0 saturated heterocycles. The van der Waals surface area contributed by atoms with Crippen molar-refractivity contribution in [2.75, 3.05) is 12.4 Å². The van der Waals surface area contributed by atoms with E-state index >= 15 is 0 Å². The molecule has 0 aliphatic carbocycles. The third-order valence-corrected chi connectivity index (χ3v) is 3.95. The Hall–Kier alpha value is -2.99. The molecule has 0 aliphatic rings. The van der Waals surface area contributed by atoms with Gasteiger partial charge in [0.25, 0.3) is 5.91 Å². The maximum absolute atomic E-state index is 12.3. The molecule has 1 N–H and O–H groups in total. The summed E-state index contributed by atoms with van der Waals surface area (Å²) in [5.74, 6) is 0.923. The van der Waals surface area contributed by atoms with Gasteiger partial charge in [0.05, 0.1) is 12.1 Å². The molecule has 26 heavy (non-hydrogen) atoms. The normalized spacial score (nSPS) is 10.4. The zero-order valence-electron chi connectivity index (χ0n) is 14.4. The fourth-order valence-corrected chi connectivity index (χ4v) is 2.48. The van der Waals surface area contributed by atoms with Gasteiger partial charge < -0.3 is 14.8 Å². The van der Waals surface area contributed by atoms with E-state index in [9.17, 15) is 4.79 Å². The Kier molecular flexibility index (Phi) is 5.43. The third kappa shape index (κ3) is 4.34. The number of anilines is 1. The highest BCUT2D eigenvalue weighted by molar-refractivity contribution is 6.32. The van der Waals surface area contributed by atoms with Gasteiger partial charge in [-0.3, -0.25) is 4.79 Å². The number of hydrogen-bond acceptors (Lipinski definition) is 4. The molecule has 0 bridgehead atoms. The highest BCUT2D eigenvalue weighted by Crippen LogP contribution is 2.25. The van der Waals surface area contributed by atoms with Crippen molar-refractivity contribution in [3.63, 3.8) is 0 Å². The number of carbonyl (C=O) groups excluding carboxylic acids is 1. The van der Waals surface area contributed by atoms with E-state index in [-0.39, 0.29) is 18.3 Å². The van der Waals surface area contributed by atoms with Gasteiger partial charge in [-0.25, -0.2) is 4.68 Å². The minimum absolute atomic E-state index is 0.148. The van der Waals surface area contributed by atoms with Crippen LogP contribution in [0.3, 0.4) is 0 Å². The maximum Gasteiger partial charge on any atom is 0.276 e. The van der Waals surface area contributed by atoms with Gasteiger partial charge in [-0.05, 0) is 42.8 Å². The van der Waals surface area contributed by atoms with Crippen molar-refractivity contribution >= 4 is 23.2 Å². The Labute approximate surface area is 156 Å². The van der Waals surface area contributed by atoms with E-state index in [0.717, 1.165) is 5.56 Å². The van der Waals surface area contributed by atoms with E-state index in [4.69, 9.17) is 21.1 Å². The van der Waals surface area contributed by atoms with Crippen LogP contribution in [0.25, 0.3) is 0 Å². The fraction of sp³-hybridized carbons (Fsp3) is 0.158. The lowest BCUT2D eigenvalue weighted by Crippen LogP contribution is -2.14. The topological polar surface area (TPSA) is 65.4 Å². The standard InChI is InChI=1S/C19H18ClN3O3/c1-13-6-7-16(20)18(10-13)26-12-23-9-8-17(22-23)19(24)21-14-4-3-5-15(11-14)25-2/h3-11H,12H2,1-2H3,(H,21,24). The van der Waals surface area contributed by atoms with Gasteiger partial charge in [0.2, 0.25) is 0 Å². The van der Waals surface area contributed by atoms with Crippen molar-refractivity contribution in [1.82, 2.24) is 9.78 Å². The zero-order chi connectivity index (χ0) is 18.5. The summed E-state index contributed by atoms with van der Waals surface area (Å²) in [7, 11) is 1.57. The first kappa shape index (κ1) is 17.8. The molecule has 1 aromatic heterocycles. The number of aryl methyl sites for hydroxylation is 1. The Morgan fingerprint density at radius 2 is 2.08 bits per heavy atom. The largest absolute Gasteiger partial charge is 0.497 e. The first-order valence-electron chi connectivity index (χ1n) is 7.93. The molecule has 0 unspecified atom stereocenters. The second kappa shape index (κ2) is 7.93. The van der Waals surface area contributed by atoms with Crippen LogP contribution in [0.15, 0.2) is 54.7 Å². The number of benzene rings is 2. The molecule has 7 heteroatoms. The molecule has 3 rings (SSSR count). The lowest BCUT2D eigenvalue weighted by Gasteiger charge is -2.09. The Morgan fingerprint density at radius 3 is 2.88 bits per heavy atom. The maximum atomic E-state index is 12.3. The van der Waals surface area contributed by atoms with Gasteiger partial charge in [0, 0.05) is 18.0 Å². The first-order valence-corrected chi connectivity index (χ1v) is 8.31. The third-order valence-electron chi connectivity index (χ3n) is 3.64. The van der Waals surface area contributed by atoms with Crippen LogP contribution in [0.2, 0.25) is 5.02 Å². The molecule has 1 heterocycles. The van der Waals surface area contributed by atoms with Crippen LogP contribution in [-0.2, 0) is 6.73 Å². The van der Waals surface area contributed by atoms with Gasteiger partial charge in [0.15, 0.2) is 12.4 Å². The number of methoxy groups -OCH3 is 1. The average molecular weight is 372 g/mol. The summed E-state index contributed by atoms with van der Waals surface area (Å²) in [5, 5.41) is 7.53. The van der Waals surface area contributed by atoms with Crippen LogP contribution in [0.5, 0.6) is 11.5 Å². The molecular formula is C19H18ClN3O3. The van der Waals surface area contributed by atoms with Crippen LogP contribution in [0.4, 0.5) is 5.69 Å². The number of nitrogens with one attached hydrogen (secondary N) is 1. The van der Waals surface area contributed by atoms with E-state index in [1.165, 1.54) is 4.68 Å². The summed E-state index contributed by atoms with van der Waals surface area (Å²) in [6.07, 6.45) is 1.67. The summed E-state index contributed by atoms with van der Waals surface area (Å²) < 4.78 is 12.3. The van der Waals surface area contributed by atoms with Crippen molar-refractivity contribution in [1.29, 1.82) is 0 Å². The van der Waals surface area contributed by atoms with Crippen molar-refractivity contribution in [2.45, 2.75) is 13.7 Å². The fourth-order valence-electron chi connectivity index (χ4n) is 2.31. The molecular weight excluding hydrogens is 354 g/mol. The number of rotatable bonds is 6. The number of carbonyl (C=O) groups is 1. The molecule has 0 atom stereocenters. The summed E-state index contributed by atoms with van der Waals surface area (Å²) in [6, 6.07) is 14.3. The average Bonchev–Trinajstić information content (AvgIpc) is 3.12. The van der Waals surface area contributed by atoms with E-state index in [1.807, 2.05) is 19.1 Å². The summed E-state index contributed by atoms with van der Waals surface area (Å²) in [4.78, 5) is 12.3. The van der Waals surface area contributed by atoms with Crippen LogP contribution >= 0.6 is 11.6 Å². The van der Waals surface area contributed by atoms with Crippen LogP contribution in [0.1, 0.15) is 16.1 Å². The first-order chi connectivity index (χ1) is 12.5. The van der Waals surface area contributed by atoms with Crippen molar-refractivity contribution < 1.29 is 14.3 Å². The number of halogens is 1.